The molecule has 5 nitrogen and oxygen atoms in total. The molecule has 0 spiro atoms. The minimum atomic E-state index is -0.234. The van der Waals surface area contributed by atoms with E-state index in [9.17, 15) is 4.79 Å². The van der Waals surface area contributed by atoms with Crippen molar-refractivity contribution in [1.82, 2.24) is 5.32 Å². The summed E-state index contributed by atoms with van der Waals surface area (Å²) >= 11 is 6.03. The number of para-hydroxylation sites is 1. The van der Waals surface area contributed by atoms with Crippen molar-refractivity contribution < 1.29 is 19.0 Å². The zero-order valence-electron chi connectivity index (χ0n) is 13.6. The first-order valence-corrected chi connectivity index (χ1v) is 8.65. The van der Waals surface area contributed by atoms with Crippen LogP contribution < -0.4 is 19.5 Å². The van der Waals surface area contributed by atoms with Gasteiger partial charge < -0.3 is 19.5 Å². The number of amides is 1. The number of hydrogen-bond donors (Lipinski definition) is 1. The fraction of sp³-hybridized carbons (Fsp3) is 0.316. The molecule has 0 aromatic heterocycles. The molecule has 2 aliphatic rings. The molecule has 6 heteroatoms. The van der Waals surface area contributed by atoms with Gasteiger partial charge in [-0.25, -0.2) is 0 Å². The summed E-state index contributed by atoms with van der Waals surface area (Å²) in [5, 5.41) is 3.63. The van der Waals surface area contributed by atoms with Gasteiger partial charge in [-0.15, -0.1) is 0 Å². The largest absolute Gasteiger partial charge is 0.492 e. The van der Waals surface area contributed by atoms with Crippen molar-refractivity contribution in [2.24, 2.45) is 5.92 Å². The highest BCUT2D eigenvalue weighted by molar-refractivity contribution is 6.30. The van der Waals surface area contributed by atoms with Crippen LogP contribution in [-0.2, 0) is 17.8 Å². The molecule has 0 bridgehead atoms. The molecule has 1 N–H and O–H groups in total. The second kappa shape index (κ2) is 6.84. The van der Waals surface area contributed by atoms with Crippen molar-refractivity contribution in [3.8, 4) is 17.2 Å². The van der Waals surface area contributed by atoms with E-state index in [1.54, 1.807) is 6.07 Å². The van der Waals surface area contributed by atoms with Crippen molar-refractivity contribution in [2.75, 3.05) is 19.8 Å². The van der Waals surface area contributed by atoms with Gasteiger partial charge in [-0.05, 0) is 36.2 Å². The predicted octanol–water partition coefficient (Wildman–Crippen LogP) is 2.98. The van der Waals surface area contributed by atoms with Crippen LogP contribution in [0, 0.1) is 5.92 Å². The number of carbonyl (C=O) groups excluding carboxylic acids is 1. The van der Waals surface area contributed by atoms with E-state index in [-0.39, 0.29) is 11.8 Å². The lowest BCUT2D eigenvalue weighted by Gasteiger charge is -2.25. The maximum absolute atomic E-state index is 12.5. The third-order valence-electron chi connectivity index (χ3n) is 4.40. The monoisotopic (exact) mass is 359 g/mol. The molecule has 2 aromatic rings. The number of carbonyl (C=O) groups is 1. The number of fused-ring (bicyclic) bond motifs is 2. The average Bonchev–Trinajstić information content (AvgIpc) is 2.65. The fourth-order valence-electron chi connectivity index (χ4n) is 3.13. The Morgan fingerprint density at radius 1 is 1.12 bits per heavy atom. The molecule has 0 fully saturated rings. The molecular formula is C19H18ClNO4. The Morgan fingerprint density at radius 2 is 2.00 bits per heavy atom. The van der Waals surface area contributed by atoms with Gasteiger partial charge in [0.15, 0.2) is 11.5 Å². The van der Waals surface area contributed by atoms with E-state index in [1.165, 1.54) is 0 Å². The Bertz CT molecular complexity index is 808. The Kier molecular flexibility index (Phi) is 4.40. The Hall–Kier alpha value is -2.40. The summed E-state index contributed by atoms with van der Waals surface area (Å²) in [7, 11) is 0. The van der Waals surface area contributed by atoms with Crippen LogP contribution in [0.4, 0.5) is 0 Å². The second-order valence-electron chi connectivity index (χ2n) is 6.12. The number of hydrogen-bond acceptors (Lipinski definition) is 4. The molecule has 25 heavy (non-hydrogen) atoms. The molecule has 130 valence electrons. The van der Waals surface area contributed by atoms with Gasteiger partial charge in [0.05, 0.1) is 5.92 Å². The van der Waals surface area contributed by atoms with E-state index in [2.05, 4.69) is 5.32 Å². The molecule has 1 atom stereocenters. The molecule has 2 heterocycles. The van der Waals surface area contributed by atoms with E-state index in [4.69, 9.17) is 25.8 Å². The van der Waals surface area contributed by atoms with Crippen LogP contribution in [0.15, 0.2) is 36.4 Å². The van der Waals surface area contributed by atoms with Gasteiger partial charge in [-0.2, -0.15) is 0 Å². The molecule has 1 unspecified atom stereocenters. The van der Waals surface area contributed by atoms with Crippen LogP contribution in [0.25, 0.3) is 0 Å². The number of nitrogens with one attached hydrogen (secondary N) is 1. The van der Waals surface area contributed by atoms with Gasteiger partial charge in [0.2, 0.25) is 5.91 Å². The smallest absolute Gasteiger partial charge is 0.227 e. The van der Waals surface area contributed by atoms with Crippen molar-refractivity contribution in [1.29, 1.82) is 0 Å². The third kappa shape index (κ3) is 3.37. The highest BCUT2D eigenvalue weighted by Gasteiger charge is 2.26. The fourth-order valence-corrected chi connectivity index (χ4v) is 3.33. The normalized spacial score (nSPS) is 18.0. The van der Waals surface area contributed by atoms with E-state index in [1.807, 2.05) is 30.3 Å². The van der Waals surface area contributed by atoms with Gasteiger partial charge in [0.25, 0.3) is 0 Å². The lowest BCUT2D eigenvalue weighted by atomic mass is 9.96. The molecular weight excluding hydrogens is 342 g/mol. The van der Waals surface area contributed by atoms with Crippen LogP contribution >= 0.6 is 11.6 Å². The summed E-state index contributed by atoms with van der Waals surface area (Å²) in [6, 6.07) is 11.2. The quantitative estimate of drug-likeness (QED) is 0.915. The van der Waals surface area contributed by atoms with Gasteiger partial charge in [-0.3, -0.25) is 4.79 Å². The van der Waals surface area contributed by atoms with E-state index in [0.717, 1.165) is 22.6 Å². The van der Waals surface area contributed by atoms with Crippen LogP contribution in [0.3, 0.4) is 0 Å². The molecule has 0 saturated heterocycles. The first kappa shape index (κ1) is 16.1. The highest BCUT2D eigenvalue weighted by Crippen LogP contribution is 2.34. The van der Waals surface area contributed by atoms with Gasteiger partial charge in [0.1, 0.15) is 25.6 Å². The van der Waals surface area contributed by atoms with Crippen LogP contribution in [0.2, 0.25) is 5.02 Å². The molecule has 1 amide bonds. The zero-order valence-corrected chi connectivity index (χ0v) is 14.3. The lowest BCUT2D eigenvalue weighted by Crippen LogP contribution is -2.37. The number of ether oxygens (including phenoxy) is 3. The van der Waals surface area contributed by atoms with E-state index >= 15 is 0 Å². The lowest BCUT2D eigenvalue weighted by molar-refractivity contribution is -0.126. The van der Waals surface area contributed by atoms with Gasteiger partial charge in [-0.1, -0.05) is 23.7 Å². The minimum Gasteiger partial charge on any atom is -0.492 e. The summed E-state index contributed by atoms with van der Waals surface area (Å²) in [6.07, 6.45) is 0.619. The number of benzene rings is 2. The van der Waals surface area contributed by atoms with Crippen molar-refractivity contribution in [3.63, 3.8) is 0 Å². The maximum atomic E-state index is 12.5. The van der Waals surface area contributed by atoms with E-state index in [0.29, 0.717) is 43.6 Å². The molecule has 2 aliphatic heterocycles. The molecule has 0 saturated carbocycles. The SMILES string of the molecule is O=C(NCc1cccc2c1OCCO2)C1COc2ccc(Cl)cc2C1. The molecule has 0 radical (unpaired) electrons. The molecule has 0 aliphatic carbocycles. The average molecular weight is 360 g/mol. The summed E-state index contributed by atoms with van der Waals surface area (Å²) in [4.78, 5) is 12.5. The van der Waals surface area contributed by atoms with Crippen LogP contribution in [0.1, 0.15) is 11.1 Å². The van der Waals surface area contributed by atoms with Gasteiger partial charge >= 0.3 is 0 Å². The Balaban J connectivity index is 1.42. The number of halogens is 1. The predicted molar refractivity (Wildman–Crippen MR) is 93.4 cm³/mol. The second-order valence-corrected chi connectivity index (χ2v) is 6.56. The summed E-state index contributed by atoms with van der Waals surface area (Å²) in [5.74, 6) is 1.97. The standard InChI is InChI=1S/C19H18ClNO4/c20-15-4-5-16-13(9-15)8-14(11-25-16)19(22)21-10-12-2-1-3-17-18(12)24-7-6-23-17/h1-5,9,14H,6-8,10-11H2,(H,21,22). The van der Waals surface area contributed by atoms with E-state index < -0.39 is 0 Å². The molecule has 2 aromatic carbocycles. The minimum absolute atomic E-state index is 0.0417. The summed E-state index contributed by atoms with van der Waals surface area (Å²) in [6.45, 7) is 1.83. The van der Waals surface area contributed by atoms with Crippen LogP contribution in [-0.4, -0.2) is 25.7 Å². The van der Waals surface area contributed by atoms with Crippen molar-refractivity contribution >= 4 is 17.5 Å². The van der Waals surface area contributed by atoms with Gasteiger partial charge in [0, 0.05) is 17.1 Å². The Labute approximate surface area is 150 Å². The Morgan fingerprint density at radius 3 is 2.92 bits per heavy atom. The summed E-state index contributed by atoms with van der Waals surface area (Å²) in [5.41, 5.74) is 1.87. The number of rotatable bonds is 3. The zero-order chi connectivity index (χ0) is 17.2. The first-order chi connectivity index (χ1) is 12.2. The third-order valence-corrected chi connectivity index (χ3v) is 4.64. The summed E-state index contributed by atoms with van der Waals surface area (Å²) < 4.78 is 16.9. The highest BCUT2D eigenvalue weighted by atomic mass is 35.5. The first-order valence-electron chi connectivity index (χ1n) is 8.27. The topological polar surface area (TPSA) is 56.8 Å². The van der Waals surface area contributed by atoms with Crippen LogP contribution in [0.5, 0.6) is 17.2 Å². The van der Waals surface area contributed by atoms with Crippen molar-refractivity contribution in [2.45, 2.75) is 13.0 Å². The molecule has 4 rings (SSSR count). The maximum Gasteiger partial charge on any atom is 0.227 e. The van der Waals surface area contributed by atoms with Crippen molar-refractivity contribution in [3.05, 3.63) is 52.5 Å².